The van der Waals surface area contributed by atoms with Crippen LogP contribution in [-0.4, -0.2) is 20.3 Å². The number of carbonyl (C=O) groups excluding carboxylic acids is 1. The van der Waals surface area contributed by atoms with Crippen molar-refractivity contribution >= 4 is 11.6 Å². The first-order valence-electron chi connectivity index (χ1n) is 6.53. The van der Waals surface area contributed by atoms with E-state index >= 15 is 0 Å². The third kappa shape index (κ3) is 2.72. The van der Waals surface area contributed by atoms with Gasteiger partial charge in [-0.15, -0.1) is 0 Å². The Morgan fingerprint density at radius 2 is 2.00 bits per heavy atom. The fourth-order valence-electron chi connectivity index (χ4n) is 2.13. The number of hydrogen-bond donors (Lipinski definition) is 1. The van der Waals surface area contributed by atoms with Gasteiger partial charge in [0.2, 0.25) is 0 Å². The Hall–Kier alpha value is -3.34. The van der Waals surface area contributed by atoms with Crippen LogP contribution in [0.1, 0.15) is 22.1 Å². The van der Waals surface area contributed by atoms with E-state index in [1.165, 1.54) is 12.4 Å². The van der Waals surface area contributed by atoms with Crippen LogP contribution in [0.4, 0.5) is 8.78 Å². The zero-order chi connectivity index (χ0) is 16.4. The lowest BCUT2D eigenvalue weighted by atomic mass is 10.1. The summed E-state index contributed by atoms with van der Waals surface area (Å²) in [5, 5.41) is 11.5. The summed E-state index contributed by atoms with van der Waals surface area (Å²) in [6, 6.07) is 3.28. The lowest BCUT2D eigenvalue weighted by Crippen LogP contribution is -2.29. The molecule has 0 bridgehead atoms. The molecule has 0 aliphatic rings. The third-order valence-corrected chi connectivity index (χ3v) is 3.20. The molecule has 0 aliphatic heterocycles. The van der Waals surface area contributed by atoms with E-state index in [-0.39, 0.29) is 11.3 Å². The van der Waals surface area contributed by atoms with Gasteiger partial charge in [-0.1, -0.05) is 6.07 Å². The fraction of sp³-hybridized carbons (Fsp3) is 0.0667. The number of benzene rings is 1. The molecule has 114 valence electrons. The smallest absolute Gasteiger partial charge is 0.275 e. The maximum Gasteiger partial charge on any atom is 0.275 e. The van der Waals surface area contributed by atoms with Crippen molar-refractivity contribution in [2.75, 3.05) is 0 Å². The van der Waals surface area contributed by atoms with Crippen LogP contribution >= 0.6 is 0 Å². The van der Waals surface area contributed by atoms with Gasteiger partial charge in [0.15, 0.2) is 11.3 Å². The van der Waals surface area contributed by atoms with Crippen LogP contribution in [0.15, 0.2) is 43.0 Å². The summed E-state index contributed by atoms with van der Waals surface area (Å²) in [5.74, 6) is -2.36. The van der Waals surface area contributed by atoms with Gasteiger partial charge in [-0.05, 0) is 6.07 Å². The molecule has 1 amide bonds. The summed E-state index contributed by atoms with van der Waals surface area (Å²) in [5.41, 5.74) is 0.180. The van der Waals surface area contributed by atoms with E-state index in [2.05, 4.69) is 15.3 Å². The SMILES string of the molecule is N#C[C@@H](NC(=O)c1nccn2ccnc12)c1ccc(F)cc1F. The number of imidazole rings is 1. The summed E-state index contributed by atoms with van der Waals surface area (Å²) in [4.78, 5) is 20.2. The molecule has 0 unspecified atom stereocenters. The topological polar surface area (TPSA) is 83.1 Å². The summed E-state index contributed by atoms with van der Waals surface area (Å²) in [6.45, 7) is 0. The molecule has 23 heavy (non-hydrogen) atoms. The fourth-order valence-corrected chi connectivity index (χ4v) is 2.13. The molecular formula is C15H9F2N5O. The minimum atomic E-state index is -1.28. The molecule has 0 fully saturated rings. The predicted molar refractivity (Wildman–Crippen MR) is 75.2 cm³/mol. The molecule has 3 rings (SSSR count). The molecular weight excluding hydrogens is 304 g/mol. The molecule has 0 saturated heterocycles. The number of aromatic nitrogens is 3. The van der Waals surface area contributed by atoms with Crippen molar-refractivity contribution in [3.8, 4) is 6.07 Å². The highest BCUT2D eigenvalue weighted by molar-refractivity contribution is 5.98. The van der Waals surface area contributed by atoms with E-state index < -0.39 is 23.6 Å². The van der Waals surface area contributed by atoms with Crippen LogP contribution in [-0.2, 0) is 0 Å². The van der Waals surface area contributed by atoms with Crippen LogP contribution < -0.4 is 5.32 Å². The van der Waals surface area contributed by atoms with E-state index in [0.29, 0.717) is 11.7 Å². The number of halogens is 2. The van der Waals surface area contributed by atoms with E-state index in [1.807, 2.05) is 0 Å². The lowest BCUT2D eigenvalue weighted by molar-refractivity contribution is 0.0941. The average Bonchev–Trinajstić information content (AvgIpc) is 3.01. The number of nitrogens with zero attached hydrogens (tertiary/aromatic N) is 4. The number of nitrogens with one attached hydrogen (secondary N) is 1. The zero-order valence-electron chi connectivity index (χ0n) is 11.6. The van der Waals surface area contributed by atoms with Crippen LogP contribution in [0.3, 0.4) is 0 Å². The average molecular weight is 313 g/mol. The minimum absolute atomic E-state index is 0.000250. The van der Waals surface area contributed by atoms with Crippen molar-refractivity contribution in [2.24, 2.45) is 0 Å². The van der Waals surface area contributed by atoms with Gasteiger partial charge in [0, 0.05) is 36.4 Å². The number of hydrogen-bond acceptors (Lipinski definition) is 4. The molecule has 3 aromatic rings. The summed E-state index contributed by atoms with van der Waals surface area (Å²) in [6.07, 6.45) is 6.15. The summed E-state index contributed by atoms with van der Waals surface area (Å²) < 4.78 is 28.3. The Morgan fingerprint density at radius 1 is 1.26 bits per heavy atom. The Morgan fingerprint density at radius 3 is 2.70 bits per heavy atom. The second-order valence-electron chi connectivity index (χ2n) is 4.64. The highest BCUT2D eigenvalue weighted by Gasteiger charge is 2.21. The van der Waals surface area contributed by atoms with Gasteiger partial charge >= 0.3 is 0 Å². The van der Waals surface area contributed by atoms with Crippen LogP contribution in [0.5, 0.6) is 0 Å². The molecule has 1 aromatic carbocycles. The Bertz CT molecular complexity index is 931. The van der Waals surface area contributed by atoms with Gasteiger partial charge in [-0.25, -0.2) is 18.7 Å². The lowest BCUT2D eigenvalue weighted by Gasteiger charge is -2.12. The molecule has 6 nitrogen and oxygen atoms in total. The van der Waals surface area contributed by atoms with E-state index in [4.69, 9.17) is 0 Å². The maximum absolute atomic E-state index is 13.8. The van der Waals surface area contributed by atoms with Crippen molar-refractivity contribution in [2.45, 2.75) is 6.04 Å². The van der Waals surface area contributed by atoms with Crippen molar-refractivity contribution < 1.29 is 13.6 Å². The Kier molecular flexibility index (Phi) is 3.68. The molecule has 2 aromatic heterocycles. The van der Waals surface area contributed by atoms with Gasteiger partial charge in [-0.3, -0.25) is 4.79 Å². The third-order valence-electron chi connectivity index (χ3n) is 3.20. The van der Waals surface area contributed by atoms with Crippen molar-refractivity contribution in [3.05, 3.63) is 65.9 Å². The normalized spacial score (nSPS) is 11.9. The summed E-state index contributed by atoms with van der Waals surface area (Å²) >= 11 is 0. The second kappa shape index (κ2) is 5.81. The molecule has 8 heteroatoms. The standard InChI is InChI=1S/C15H9F2N5O/c16-9-1-2-10(11(17)7-9)12(8-18)21-15(23)13-14-20-4-6-22(14)5-3-19-13/h1-7,12H,(H,21,23)/t12-/m1/s1. The monoisotopic (exact) mass is 313 g/mol. The predicted octanol–water partition coefficient (Wildman–Crippen LogP) is 2.00. The van der Waals surface area contributed by atoms with Gasteiger partial charge in [0.25, 0.3) is 5.91 Å². The first-order chi connectivity index (χ1) is 11.1. The van der Waals surface area contributed by atoms with Gasteiger partial charge in [-0.2, -0.15) is 5.26 Å². The number of nitriles is 1. The van der Waals surface area contributed by atoms with Crippen molar-refractivity contribution in [1.82, 2.24) is 19.7 Å². The Labute approximate surface area is 129 Å². The number of amides is 1. The van der Waals surface area contributed by atoms with E-state index in [0.717, 1.165) is 12.1 Å². The van der Waals surface area contributed by atoms with E-state index in [1.54, 1.807) is 22.9 Å². The van der Waals surface area contributed by atoms with E-state index in [9.17, 15) is 18.8 Å². The van der Waals surface area contributed by atoms with Gasteiger partial charge in [0.1, 0.15) is 17.7 Å². The second-order valence-corrected chi connectivity index (χ2v) is 4.64. The van der Waals surface area contributed by atoms with Crippen molar-refractivity contribution in [3.63, 3.8) is 0 Å². The summed E-state index contributed by atoms with van der Waals surface area (Å²) in [7, 11) is 0. The highest BCUT2D eigenvalue weighted by Crippen LogP contribution is 2.18. The molecule has 0 aliphatic carbocycles. The van der Waals surface area contributed by atoms with Crippen LogP contribution in [0, 0.1) is 23.0 Å². The maximum atomic E-state index is 13.8. The van der Waals surface area contributed by atoms with Gasteiger partial charge in [0.05, 0.1) is 6.07 Å². The van der Waals surface area contributed by atoms with Crippen LogP contribution in [0.25, 0.3) is 5.65 Å². The first kappa shape index (κ1) is 14.6. The number of rotatable bonds is 3. The minimum Gasteiger partial charge on any atom is -0.331 e. The van der Waals surface area contributed by atoms with Gasteiger partial charge < -0.3 is 9.72 Å². The first-order valence-corrected chi connectivity index (χ1v) is 6.53. The quantitative estimate of drug-likeness (QED) is 0.801. The number of carbonyl (C=O) groups is 1. The largest absolute Gasteiger partial charge is 0.331 e. The molecule has 0 saturated carbocycles. The zero-order valence-corrected chi connectivity index (χ0v) is 11.6. The van der Waals surface area contributed by atoms with Crippen LogP contribution in [0.2, 0.25) is 0 Å². The molecule has 2 heterocycles. The Balaban J connectivity index is 1.91. The molecule has 1 N–H and O–H groups in total. The highest BCUT2D eigenvalue weighted by atomic mass is 19.1. The number of fused-ring (bicyclic) bond motifs is 1. The molecule has 1 atom stereocenters. The molecule has 0 radical (unpaired) electrons. The molecule has 0 spiro atoms. The van der Waals surface area contributed by atoms with Crippen molar-refractivity contribution in [1.29, 1.82) is 5.26 Å².